The number of thioether (sulfide) groups is 1. The van der Waals surface area contributed by atoms with Crippen LogP contribution in [0.15, 0.2) is 47.6 Å². The zero-order valence-corrected chi connectivity index (χ0v) is 20.9. The molecule has 0 unspecified atom stereocenters. The normalized spacial score (nSPS) is 18.3. The highest BCUT2D eigenvalue weighted by Gasteiger charge is 2.43. The quantitative estimate of drug-likeness (QED) is 0.440. The van der Waals surface area contributed by atoms with Crippen LogP contribution < -0.4 is 15.5 Å². The fourth-order valence-electron chi connectivity index (χ4n) is 4.59. The molecule has 3 heterocycles. The Morgan fingerprint density at radius 2 is 2.00 bits per heavy atom. The second-order valence-corrected chi connectivity index (χ2v) is 11.5. The second-order valence-electron chi connectivity index (χ2n) is 9.47. The fraction of sp³-hybridized carbons (Fsp3) is 0.320. The number of amides is 1. The molecule has 2 aromatic carbocycles. The molecule has 176 valence electrons. The van der Waals surface area contributed by atoms with Gasteiger partial charge in [-0.05, 0) is 76.1 Å². The van der Waals surface area contributed by atoms with Gasteiger partial charge in [-0.15, -0.1) is 0 Å². The summed E-state index contributed by atoms with van der Waals surface area (Å²) in [7, 11) is 0. The third kappa shape index (κ3) is 3.93. The molecule has 5 rings (SSSR count). The Morgan fingerprint density at radius 1 is 1.21 bits per heavy atom. The Balaban J connectivity index is 1.46. The summed E-state index contributed by atoms with van der Waals surface area (Å²) in [5.41, 5.74) is 3.77. The first-order valence-electron chi connectivity index (χ1n) is 11.1. The van der Waals surface area contributed by atoms with Crippen molar-refractivity contribution in [2.45, 2.75) is 49.6 Å². The van der Waals surface area contributed by atoms with Gasteiger partial charge in [0.1, 0.15) is 10.8 Å². The van der Waals surface area contributed by atoms with Crippen LogP contribution >= 0.6 is 23.4 Å². The average molecular weight is 498 g/mol. The maximum Gasteiger partial charge on any atom is 0.263 e. The molecule has 2 aliphatic rings. The number of anilines is 3. The molecule has 2 aliphatic heterocycles. The molecule has 0 saturated heterocycles. The van der Waals surface area contributed by atoms with E-state index in [0.717, 1.165) is 18.7 Å². The Hall–Kier alpha value is -2.68. The first-order valence-corrected chi connectivity index (χ1v) is 12.3. The molecule has 0 bridgehead atoms. The van der Waals surface area contributed by atoms with Crippen molar-refractivity contribution in [1.29, 1.82) is 0 Å². The van der Waals surface area contributed by atoms with Crippen LogP contribution in [0.2, 0.25) is 5.02 Å². The molecule has 9 heteroatoms. The predicted octanol–water partition coefficient (Wildman–Crippen LogP) is 5.88. The van der Waals surface area contributed by atoms with E-state index >= 15 is 0 Å². The molecule has 2 N–H and O–H groups in total. The number of hydrogen-bond donors (Lipinski definition) is 2. The van der Waals surface area contributed by atoms with Crippen molar-refractivity contribution in [1.82, 2.24) is 15.3 Å². The number of carbonyl (C=O) groups is 1. The topological polar surface area (TPSA) is 70.2 Å². The number of nitrogens with one attached hydrogen (secondary N) is 2. The number of aromatic nitrogens is 2. The van der Waals surface area contributed by atoms with Crippen molar-refractivity contribution < 1.29 is 9.18 Å². The number of fused-ring (bicyclic) bond motifs is 2. The average Bonchev–Trinajstić information content (AvgIpc) is 2.75. The third-order valence-electron chi connectivity index (χ3n) is 6.23. The molecule has 0 saturated carbocycles. The zero-order chi connectivity index (χ0) is 24.3. The van der Waals surface area contributed by atoms with Crippen molar-refractivity contribution in [2.24, 2.45) is 0 Å². The monoisotopic (exact) mass is 497 g/mol. The fourth-order valence-corrected chi connectivity index (χ4v) is 5.96. The molecule has 0 fully saturated rings. The van der Waals surface area contributed by atoms with Crippen molar-refractivity contribution in [2.75, 3.05) is 16.8 Å². The third-order valence-corrected chi connectivity index (χ3v) is 7.72. The van der Waals surface area contributed by atoms with Crippen LogP contribution in [0.4, 0.5) is 21.7 Å². The summed E-state index contributed by atoms with van der Waals surface area (Å²) in [5.74, 6) is -0.538. The Morgan fingerprint density at radius 3 is 2.76 bits per heavy atom. The van der Waals surface area contributed by atoms with E-state index in [-0.39, 0.29) is 22.2 Å². The summed E-state index contributed by atoms with van der Waals surface area (Å²) < 4.78 is 14.7. The standard InChI is InChI=1S/C25H25ClFN5OS/c1-24(2)17-9-8-15(12-14(17)10-11-29-24)30-23-28-13-16-21(31-23)34-25(3,4)32(22(16)33)20-18(26)6-5-7-19(20)27/h5-9,12-13,29H,10-11H2,1-4H3,(H,28,30,31). The molecule has 3 aromatic rings. The molecule has 0 aliphatic carbocycles. The highest BCUT2D eigenvalue weighted by atomic mass is 35.5. The lowest BCUT2D eigenvalue weighted by Crippen LogP contribution is -2.49. The summed E-state index contributed by atoms with van der Waals surface area (Å²) in [4.78, 5) is 23.0. The van der Waals surface area contributed by atoms with Gasteiger partial charge in [0.25, 0.3) is 5.91 Å². The van der Waals surface area contributed by atoms with E-state index in [4.69, 9.17) is 11.6 Å². The predicted molar refractivity (Wildman–Crippen MR) is 135 cm³/mol. The van der Waals surface area contributed by atoms with Crippen LogP contribution in [0, 0.1) is 5.82 Å². The van der Waals surface area contributed by atoms with Gasteiger partial charge in [0, 0.05) is 17.4 Å². The van der Waals surface area contributed by atoms with Gasteiger partial charge in [-0.3, -0.25) is 9.69 Å². The van der Waals surface area contributed by atoms with E-state index in [2.05, 4.69) is 46.6 Å². The van der Waals surface area contributed by atoms with E-state index in [1.807, 2.05) is 19.9 Å². The number of para-hydroxylation sites is 1. The second kappa shape index (κ2) is 8.22. The van der Waals surface area contributed by atoms with Crippen LogP contribution in [0.5, 0.6) is 0 Å². The first-order chi connectivity index (χ1) is 16.1. The van der Waals surface area contributed by atoms with E-state index in [0.29, 0.717) is 16.5 Å². The lowest BCUT2D eigenvalue weighted by molar-refractivity contribution is 0.0968. The van der Waals surface area contributed by atoms with Crippen LogP contribution in [-0.2, 0) is 12.0 Å². The van der Waals surface area contributed by atoms with Gasteiger partial charge in [0.05, 0.1) is 21.1 Å². The Bertz CT molecular complexity index is 1290. The number of halogens is 2. The number of benzene rings is 2. The number of rotatable bonds is 3. The van der Waals surface area contributed by atoms with Crippen LogP contribution in [0.1, 0.15) is 49.2 Å². The summed E-state index contributed by atoms with van der Waals surface area (Å²) in [6.45, 7) is 8.97. The van der Waals surface area contributed by atoms with Gasteiger partial charge in [0.15, 0.2) is 0 Å². The number of carbonyl (C=O) groups excluding carboxylic acids is 1. The summed E-state index contributed by atoms with van der Waals surface area (Å²) in [6.07, 6.45) is 2.44. The summed E-state index contributed by atoms with van der Waals surface area (Å²) in [6, 6.07) is 10.7. The van der Waals surface area contributed by atoms with Crippen LogP contribution in [-0.4, -0.2) is 27.3 Å². The smallest absolute Gasteiger partial charge is 0.263 e. The van der Waals surface area contributed by atoms with Gasteiger partial charge >= 0.3 is 0 Å². The molecule has 1 aromatic heterocycles. The summed E-state index contributed by atoms with van der Waals surface area (Å²) in [5, 5.41) is 7.53. The Kier molecular flexibility index (Phi) is 5.58. The minimum Gasteiger partial charge on any atom is -0.324 e. The van der Waals surface area contributed by atoms with Gasteiger partial charge in [-0.2, -0.15) is 0 Å². The zero-order valence-electron chi connectivity index (χ0n) is 19.4. The van der Waals surface area contributed by atoms with Crippen molar-refractivity contribution in [3.05, 3.63) is 70.1 Å². The molecule has 0 radical (unpaired) electrons. The highest BCUT2D eigenvalue weighted by Crippen LogP contribution is 2.46. The Labute approximate surface area is 207 Å². The first kappa shape index (κ1) is 23.1. The van der Waals surface area contributed by atoms with E-state index < -0.39 is 10.7 Å². The SMILES string of the molecule is CC1(C)NCCc2cc(Nc3ncc4c(n3)SC(C)(C)N(c3c(F)cccc3Cl)C4=O)ccc21. The summed E-state index contributed by atoms with van der Waals surface area (Å²) >= 11 is 7.64. The van der Waals surface area contributed by atoms with Crippen LogP contribution in [0.3, 0.4) is 0 Å². The molecular weight excluding hydrogens is 473 g/mol. The minimum absolute atomic E-state index is 0.0611. The van der Waals surface area contributed by atoms with Gasteiger partial charge in [0.2, 0.25) is 5.95 Å². The number of nitrogens with zero attached hydrogens (tertiary/aromatic N) is 3. The molecular formula is C25H25ClFN5OS. The molecule has 0 spiro atoms. The lowest BCUT2D eigenvalue weighted by atomic mass is 9.85. The van der Waals surface area contributed by atoms with Crippen LogP contribution in [0.25, 0.3) is 0 Å². The van der Waals surface area contributed by atoms with E-state index in [1.165, 1.54) is 46.1 Å². The largest absolute Gasteiger partial charge is 0.324 e. The molecule has 0 atom stereocenters. The van der Waals surface area contributed by atoms with Gasteiger partial charge < -0.3 is 10.6 Å². The maximum atomic E-state index is 14.7. The van der Waals surface area contributed by atoms with E-state index in [9.17, 15) is 9.18 Å². The molecule has 34 heavy (non-hydrogen) atoms. The van der Waals surface area contributed by atoms with Crippen molar-refractivity contribution in [3.63, 3.8) is 0 Å². The van der Waals surface area contributed by atoms with Gasteiger partial charge in [-0.1, -0.05) is 35.5 Å². The molecule has 1 amide bonds. The molecule has 6 nitrogen and oxygen atoms in total. The maximum absolute atomic E-state index is 14.7. The number of hydrogen-bond acceptors (Lipinski definition) is 6. The van der Waals surface area contributed by atoms with Crippen molar-refractivity contribution in [3.8, 4) is 0 Å². The highest BCUT2D eigenvalue weighted by molar-refractivity contribution is 8.00. The minimum atomic E-state index is -0.814. The van der Waals surface area contributed by atoms with Crippen molar-refractivity contribution >= 4 is 46.6 Å². The van der Waals surface area contributed by atoms with Gasteiger partial charge in [-0.25, -0.2) is 14.4 Å². The lowest BCUT2D eigenvalue weighted by Gasteiger charge is -2.41. The van der Waals surface area contributed by atoms with E-state index in [1.54, 1.807) is 6.07 Å².